The molecule has 0 aliphatic carbocycles. The largest absolute Gasteiger partial charge is 0.480 e. The molecule has 0 unspecified atom stereocenters. The van der Waals surface area contributed by atoms with Crippen LogP contribution in [-0.4, -0.2) is 64.3 Å². The zero-order chi connectivity index (χ0) is 28.3. The van der Waals surface area contributed by atoms with Gasteiger partial charge < -0.3 is 19.6 Å². The Bertz CT molecular complexity index is 1490. The number of nitrogens with zero attached hydrogens (tertiary/aromatic N) is 2. The Labute approximate surface area is 232 Å². The molecular weight excluding hydrogens is 537 g/mol. The average Bonchev–Trinajstić information content (AvgIpc) is 3.39. The number of carboxylic acids is 1. The van der Waals surface area contributed by atoms with Gasteiger partial charge in [0.2, 0.25) is 15.9 Å². The summed E-state index contributed by atoms with van der Waals surface area (Å²) in [5.74, 6) is -2.11. The minimum Gasteiger partial charge on any atom is -0.480 e. The molecule has 0 bridgehead atoms. The monoisotopic (exact) mass is 567 g/mol. The summed E-state index contributed by atoms with van der Waals surface area (Å²) >= 11 is 0. The van der Waals surface area contributed by atoms with Gasteiger partial charge in [0.1, 0.15) is 11.9 Å². The van der Waals surface area contributed by atoms with Crippen molar-refractivity contribution in [2.75, 3.05) is 42.6 Å². The van der Waals surface area contributed by atoms with Crippen molar-refractivity contribution in [1.29, 1.82) is 0 Å². The first kappa shape index (κ1) is 27.8. The molecule has 3 aromatic carbocycles. The minimum absolute atomic E-state index is 0.0748. The Hall–Kier alpha value is -3.80. The quantitative estimate of drug-likeness (QED) is 0.407. The van der Waals surface area contributed by atoms with E-state index in [0.29, 0.717) is 37.4 Å². The van der Waals surface area contributed by atoms with Gasteiger partial charge in [-0.05, 0) is 72.0 Å². The van der Waals surface area contributed by atoms with E-state index >= 15 is 0 Å². The minimum atomic E-state index is -4.16. The van der Waals surface area contributed by atoms with Crippen LogP contribution in [0.1, 0.15) is 18.4 Å². The van der Waals surface area contributed by atoms with Crippen LogP contribution in [0.2, 0.25) is 0 Å². The number of aliphatic carboxylic acids is 1. The van der Waals surface area contributed by atoms with E-state index in [9.17, 15) is 27.5 Å². The number of sulfonamides is 1. The predicted molar refractivity (Wildman–Crippen MR) is 148 cm³/mol. The molecule has 9 nitrogen and oxygen atoms in total. The van der Waals surface area contributed by atoms with Crippen molar-refractivity contribution in [2.45, 2.75) is 30.2 Å². The lowest BCUT2D eigenvalue weighted by atomic mass is 10.1. The normalized spacial score (nSPS) is 16.0. The highest BCUT2D eigenvalue weighted by molar-refractivity contribution is 7.89. The maximum atomic E-state index is 13.5. The molecule has 11 heteroatoms. The van der Waals surface area contributed by atoms with Crippen molar-refractivity contribution < 1.29 is 32.2 Å². The average molecular weight is 568 g/mol. The number of hydrogen-bond donors (Lipinski definition) is 2. The molecule has 2 aliphatic rings. The number of carbonyl (C=O) groups excluding carboxylic acids is 1. The Balaban J connectivity index is 1.21. The summed E-state index contributed by atoms with van der Waals surface area (Å²) in [6.07, 6.45) is 0.0888. The van der Waals surface area contributed by atoms with Crippen molar-refractivity contribution in [3.8, 4) is 11.1 Å². The lowest BCUT2D eigenvalue weighted by molar-refractivity contribution is -0.139. The second-order valence-electron chi connectivity index (χ2n) is 9.79. The molecule has 0 radical (unpaired) electrons. The topological polar surface area (TPSA) is 116 Å². The number of anilines is 2. The smallest absolute Gasteiger partial charge is 0.321 e. The highest BCUT2D eigenvalue weighted by atomic mass is 32.2. The number of rotatable bonds is 9. The molecule has 1 fully saturated rings. The van der Waals surface area contributed by atoms with Gasteiger partial charge in [-0.3, -0.25) is 9.59 Å². The van der Waals surface area contributed by atoms with E-state index < -0.39 is 22.0 Å². The fourth-order valence-electron chi connectivity index (χ4n) is 5.03. The van der Waals surface area contributed by atoms with Crippen LogP contribution >= 0.6 is 0 Å². The molecule has 0 saturated carbocycles. The van der Waals surface area contributed by atoms with Gasteiger partial charge in [0.25, 0.3) is 0 Å². The molecule has 210 valence electrons. The summed E-state index contributed by atoms with van der Waals surface area (Å²) in [5, 5.41) is 9.66. The molecule has 0 aromatic heterocycles. The fourth-order valence-corrected chi connectivity index (χ4v) is 6.26. The van der Waals surface area contributed by atoms with Gasteiger partial charge in [0.05, 0.1) is 18.1 Å². The van der Waals surface area contributed by atoms with E-state index in [1.54, 1.807) is 12.1 Å². The number of benzene rings is 3. The standard InChI is InChI=1S/C29H30FN3O6S/c30-23-5-11-27-22(19-23)13-14-33(27)28(34)12-10-26(29(35)36)31-40(37,38)25-8-3-21(4-9-25)20-1-6-24(7-2-20)32-15-17-39-18-16-32/h1-9,11,19,26,31H,10,12-18H2,(H,35,36)/t26-/m0/s1. The molecule has 3 aromatic rings. The van der Waals surface area contributed by atoms with Gasteiger partial charge in [-0.25, -0.2) is 12.8 Å². The second kappa shape index (κ2) is 11.7. The van der Waals surface area contributed by atoms with Crippen LogP contribution in [0.4, 0.5) is 15.8 Å². The maximum absolute atomic E-state index is 13.5. The molecule has 5 rings (SSSR count). The third-order valence-corrected chi connectivity index (χ3v) is 8.71. The van der Waals surface area contributed by atoms with Gasteiger partial charge in [-0.1, -0.05) is 24.3 Å². The van der Waals surface area contributed by atoms with Crippen molar-refractivity contribution in [3.05, 3.63) is 78.1 Å². The third kappa shape index (κ3) is 6.16. The first-order chi connectivity index (χ1) is 19.2. The van der Waals surface area contributed by atoms with Crippen molar-refractivity contribution in [3.63, 3.8) is 0 Å². The number of carbonyl (C=O) groups is 2. The van der Waals surface area contributed by atoms with Gasteiger partial charge in [-0.15, -0.1) is 0 Å². The van der Waals surface area contributed by atoms with Crippen LogP contribution in [0, 0.1) is 5.82 Å². The molecule has 0 spiro atoms. The first-order valence-corrected chi connectivity index (χ1v) is 14.6. The first-order valence-electron chi connectivity index (χ1n) is 13.1. The summed E-state index contributed by atoms with van der Waals surface area (Å²) < 4.78 is 47.1. The lowest BCUT2D eigenvalue weighted by Crippen LogP contribution is -2.41. The maximum Gasteiger partial charge on any atom is 0.321 e. The van der Waals surface area contributed by atoms with E-state index in [-0.39, 0.29) is 29.5 Å². The Kier molecular flexibility index (Phi) is 8.15. The van der Waals surface area contributed by atoms with Crippen LogP contribution in [0.5, 0.6) is 0 Å². The van der Waals surface area contributed by atoms with Gasteiger partial charge in [-0.2, -0.15) is 4.72 Å². The van der Waals surface area contributed by atoms with E-state index in [2.05, 4.69) is 9.62 Å². The summed E-state index contributed by atoms with van der Waals surface area (Å²) in [6.45, 7) is 3.42. The SMILES string of the molecule is O=C(O)[C@H](CCC(=O)N1CCc2cc(F)ccc21)NS(=O)(=O)c1ccc(-c2ccc(N3CCOCC3)cc2)cc1. The second-order valence-corrected chi connectivity index (χ2v) is 11.5. The number of carboxylic acid groups (broad SMARTS) is 1. The van der Waals surface area contributed by atoms with Crippen molar-refractivity contribution in [2.24, 2.45) is 0 Å². The van der Waals surface area contributed by atoms with Crippen LogP contribution in [0.15, 0.2) is 71.6 Å². The number of morpholine rings is 1. The number of fused-ring (bicyclic) bond motifs is 1. The predicted octanol–water partition coefficient (Wildman–Crippen LogP) is 3.43. The van der Waals surface area contributed by atoms with E-state index in [0.717, 1.165) is 29.9 Å². The summed E-state index contributed by atoms with van der Waals surface area (Å²) in [5.41, 5.74) is 4.13. The van der Waals surface area contributed by atoms with Gasteiger partial charge in [0, 0.05) is 37.4 Å². The summed E-state index contributed by atoms with van der Waals surface area (Å²) in [4.78, 5) is 28.3. The third-order valence-electron chi connectivity index (χ3n) is 7.22. The molecule has 2 N–H and O–H groups in total. The van der Waals surface area contributed by atoms with Crippen LogP contribution < -0.4 is 14.5 Å². The highest BCUT2D eigenvalue weighted by Crippen LogP contribution is 2.29. The molecular formula is C29H30FN3O6S. The summed E-state index contributed by atoms with van der Waals surface area (Å²) in [6, 6.07) is 16.9. The van der Waals surface area contributed by atoms with Gasteiger partial charge in [0.15, 0.2) is 0 Å². The molecule has 1 saturated heterocycles. The zero-order valence-corrected chi connectivity index (χ0v) is 22.6. The Morgan fingerprint density at radius 3 is 2.25 bits per heavy atom. The van der Waals surface area contributed by atoms with Crippen LogP contribution in [-0.2, 0) is 30.8 Å². The molecule has 40 heavy (non-hydrogen) atoms. The van der Waals surface area contributed by atoms with Crippen molar-refractivity contribution in [1.82, 2.24) is 4.72 Å². The number of halogens is 1. The number of ether oxygens (including phenoxy) is 1. The number of nitrogens with one attached hydrogen (secondary N) is 1. The fraction of sp³-hybridized carbons (Fsp3) is 0.310. The van der Waals surface area contributed by atoms with Crippen LogP contribution in [0.25, 0.3) is 11.1 Å². The number of hydrogen-bond acceptors (Lipinski definition) is 6. The zero-order valence-electron chi connectivity index (χ0n) is 21.8. The summed E-state index contributed by atoms with van der Waals surface area (Å²) in [7, 11) is -4.16. The lowest BCUT2D eigenvalue weighted by Gasteiger charge is -2.28. The van der Waals surface area contributed by atoms with E-state index in [1.165, 1.54) is 35.2 Å². The Morgan fingerprint density at radius 2 is 1.60 bits per heavy atom. The number of amides is 1. The highest BCUT2D eigenvalue weighted by Gasteiger charge is 2.29. The van der Waals surface area contributed by atoms with E-state index in [1.807, 2.05) is 24.3 Å². The Morgan fingerprint density at radius 1 is 0.950 bits per heavy atom. The molecule has 2 heterocycles. The van der Waals surface area contributed by atoms with Gasteiger partial charge >= 0.3 is 5.97 Å². The van der Waals surface area contributed by atoms with Crippen LogP contribution in [0.3, 0.4) is 0 Å². The molecule has 2 aliphatic heterocycles. The molecule has 1 atom stereocenters. The van der Waals surface area contributed by atoms with E-state index in [4.69, 9.17) is 4.74 Å². The molecule has 1 amide bonds. The van der Waals surface area contributed by atoms with Crippen molar-refractivity contribution >= 4 is 33.3 Å².